The molecule has 1 fully saturated rings. The molecule has 0 aliphatic carbocycles. The molecule has 0 spiro atoms. The summed E-state index contributed by atoms with van der Waals surface area (Å²) in [5.74, 6) is -3.23. The normalized spacial score (nSPS) is 18.4. The molecular weight excluding hydrogens is 997 g/mol. The first-order valence-corrected chi connectivity index (χ1v) is 31.6. The summed E-state index contributed by atoms with van der Waals surface area (Å²) in [6.45, 7) is 5.75. The van der Waals surface area contributed by atoms with Crippen LogP contribution in [0.25, 0.3) is 0 Å². The van der Waals surface area contributed by atoms with Crippen LogP contribution < -0.4 is 0 Å². The van der Waals surface area contributed by atoms with Gasteiger partial charge in [0.05, 0.1) is 6.61 Å². The molecule has 12 nitrogen and oxygen atoms in total. The van der Waals surface area contributed by atoms with E-state index < -0.39 is 67.3 Å². The molecule has 1 aliphatic heterocycles. The average molecular weight is 1110 g/mol. The minimum atomic E-state index is -1.93. The maximum Gasteiger partial charge on any atom is 0.335 e. The monoisotopic (exact) mass is 1110 g/mol. The highest BCUT2D eigenvalue weighted by Gasteiger charge is 2.50. The Morgan fingerprint density at radius 1 is 0.430 bits per heavy atom. The van der Waals surface area contributed by atoms with Gasteiger partial charge < -0.3 is 39.0 Å². The van der Waals surface area contributed by atoms with Crippen LogP contribution in [0.1, 0.15) is 265 Å². The molecule has 0 bridgehead atoms. The van der Waals surface area contributed by atoms with Gasteiger partial charge in [-0.2, -0.15) is 0 Å². The Morgan fingerprint density at radius 2 is 0.823 bits per heavy atom. The second kappa shape index (κ2) is 54.5. The molecule has 0 aromatic rings. The summed E-state index contributed by atoms with van der Waals surface area (Å²) < 4.78 is 28.4. The molecular formula is C67H112O12. The maximum absolute atomic E-state index is 13.2. The van der Waals surface area contributed by atoms with E-state index in [1.54, 1.807) is 0 Å². The Kier molecular flexibility index (Phi) is 50.3. The minimum absolute atomic E-state index is 0.0634. The molecule has 0 aromatic heterocycles. The summed E-state index contributed by atoms with van der Waals surface area (Å²) in [6, 6.07) is 0. The van der Waals surface area contributed by atoms with E-state index in [2.05, 4.69) is 87.6 Å². The topological polar surface area (TPSA) is 175 Å². The Hall–Kier alpha value is -4.10. The third-order valence-electron chi connectivity index (χ3n) is 14.0. The van der Waals surface area contributed by atoms with E-state index in [0.29, 0.717) is 25.7 Å². The zero-order chi connectivity index (χ0) is 57.5. The van der Waals surface area contributed by atoms with Gasteiger partial charge in [-0.3, -0.25) is 14.4 Å². The number of carbonyl (C=O) groups is 4. The Balaban J connectivity index is 2.68. The van der Waals surface area contributed by atoms with Crippen LogP contribution in [0.2, 0.25) is 0 Å². The van der Waals surface area contributed by atoms with E-state index in [9.17, 15) is 34.5 Å². The summed E-state index contributed by atoms with van der Waals surface area (Å²) in [5, 5.41) is 31.5. The standard InChI is InChI=1S/C67H112O12/c1-4-7-10-13-16-19-22-25-27-29-30-32-33-36-38-41-44-47-50-53-59(68)75-56-58(77-60(69)54-51-48-45-42-40-37-34-31-28-26-23-20-17-14-11-8-5-2)57-76-67-65(63(72)62(71)64(79-67)66(73)74)78-61(70)55-52-49-46-43-39-35-24-21-18-15-12-9-6-3/h8-9,11-12,17-18,20-21,26,28,35,39,46,49,58,62-65,67,71-72H,4-7,10,13-16,19,22-25,27,29-34,36-38,40-45,47-48,50-57H2,1-3H3,(H,73,74)/b11-8-,12-9-,20-17-,21-18-,28-26-,39-35-,49-46-. The molecule has 0 amide bonds. The lowest BCUT2D eigenvalue weighted by molar-refractivity contribution is -0.301. The first-order valence-electron chi connectivity index (χ1n) is 31.6. The fourth-order valence-electron chi connectivity index (χ4n) is 9.22. The third-order valence-corrected chi connectivity index (χ3v) is 14.0. The molecule has 1 rings (SSSR count). The summed E-state index contributed by atoms with van der Waals surface area (Å²) >= 11 is 0. The fraction of sp³-hybridized carbons (Fsp3) is 0.731. The van der Waals surface area contributed by atoms with Gasteiger partial charge in [-0.15, -0.1) is 0 Å². The molecule has 1 saturated heterocycles. The number of hydrogen-bond donors (Lipinski definition) is 3. The summed E-state index contributed by atoms with van der Waals surface area (Å²) in [4.78, 5) is 51.2. The maximum atomic E-state index is 13.2. The molecule has 1 heterocycles. The lowest BCUT2D eigenvalue weighted by Gasteiger charge is -2.40. The van der Waals surface area contributed by atoms with Crippen molar-refractivity contribution in [1.82, 2.24) is 0 Å². The molecule has 6 unspecified atom stereocenters. The molecule has 79 heavy (non-hydrogen) atoms. The molecule has 452 valence electrons. The number of aliphatic hydroxyl groups is 2. The van der Waals surface area contributed by atoms with E-state index in [4.69, 9.17) is 23.7 Å². The SMILES string of the molecule is CC/C=C\C/C=C\C/C=C\C/C=C\CCC(=O)OC1C(OCC(COC(=O)CCCCCCCCCCCCCCCCCCCCC)OC(=O)CCCCCCCCC/C=C\C/C=C\C/C=C\CC)OC(C(=O)O)C(O)C1O. The molecule has 0 saturated carbocycles. The van der Waals surface area contributed by atoms with E-state index in [-0.39, 0.29) is 25.9 Å². The highest BCUT2D eigenvalue weighted by atomic mass is 16.7. The van der Waals surface area contributed by atoms with Crippen molar-refractivity contribution in [1.29, 1.82) is 0 Å². The number of unbranched alkanes of at least 4 members (excludes halogenated alkanes) is 25. The highest BCUT2D eigenvalue weighted by molar-refractivity contribution is 5.74. The number of rotatable bonds is 53. The molecule has 6 atom stereocenters. The van der Waals surface area contributed by atoms with E-state index in [1.165, 1.54) is 96.3 Å². The highest BCUT2D eigenvalue weighted by Crippen LogP contribution is 2.26. The Morgan fingerprint density at radius 3 is 1.27 bits per heavy atom. The zero-order valence-corrected chi connectivity index (χ0v) is 49.8. The van der Waals surface area contributed by atoms with Crippen LogP contribution in [0, 0.1) is 0 Å². The van der Waals surface area contributed by atoms with Gasteiger partial charge in [0, 0.05) is 19.3 Å². The van der Waals surface area contributed by atoms with Gasteiger partial charge in [-0.25, -0.2) is 4.79 Å². The molecule has 0 aromatic carbocycles. The first-order chi connectivity index (χ1) is 38.6. The number of carboxylic acid groups (broad SMARTS) is 1. The van der Waals surface area contributed by atoms with Crippen LogP contribution in [-0.2, 0) is 42.9 Å². The van der Waals surface area contributed by atoms with Crippen molar-refractivity contribution in [2.24, 2.45) is 0 Å². The van der Waals surface area contributed by atoms with Crippen LogP contribution in [0.5, 0.6) is 0 Å². The minimum Gasteiger partial charge on any atom is -0.479 e. The van der Waals surface area contributed by atoms with Crippen molar-refractivity contribution in [2.45, 2.75) is 302 Å². The van der Waals surface area contributed by atoms with Crippen molar-refractivity contribution >= 4 is 23.9 Å². The average Bonchev–Trinajstić information content (AvgIpc) is 3.46. The second-order valence-electron chi connectivity index (χ2n) is 21.3. The van der Waals surface area contributed by atoms with E-state index in [1.807, 2.05) is 18.2 Å². The van der Waals surface area contributed by atoms with Crippen molar-refractivity contribution in [2.75, 3.05) is 13.2 Å². The van der Waals surface area contributed by atoms with E-state index >= 15 is 0 Å². The summed E-state index contributed by atoms with van der Waals surface area (Å²) in [5.41, 5.74) is 0. The van der Waals surface area contributed by atoms with Crippen LogP contribution in [-0.4, -0.2) is 89.2 Å². The predicted octanol–water partition coefficient (Wildman–Crippen LogP) is 16.7. The van der Waals surface area contributed by atoms with Crippen LogP contribution in [0.4, 0.5) is 0 Å². The third kappa shape index (κ3) is 44.3. The molecule has 1 aliphatic rings. The Bertz CT molecular complexity index is 1700. The van der Waals surface area contributed by atoms with Gasteiger partial charge in [0.15, 0.2) is 24.6 Å². The van der Waals surface area contributed by atoms with Gasteiger partial charge in [0.2, 0.25) is 0 Å². The number of ether oxygens (including phenoxy) is 5. The largest absolute Gasteiger partial charge is 0.479 e. The Labute approximate surface area is 480 Å². The second-order valence-corrected chi connectivity index (χ2v) is 21.3. The number of carboxylic acids is 1. The van der Waals surface area contributed by atoms with Gasteiger partial charge >= 0.3 is 23.9 Å². The molecule has 12 heteroatoms. The summed E-state index contributed by atoms with van der Waals surface area (Å²) in [7, 11) is 0. The quantitative estimate of drug-likeness (QED) is 0.0228. The molecule has 0 radical (unpaired) electrons. The van der Waals surface area contributed by atoms with Crippen molar-refractivity contribution in [3.05, 3.63) is 85.1 Å². The number of aliphatic carboxylic acids is 1. The smallest absolute Gasteiger partial charge is 0.335 e. The number of aliphatic hydroxyl groups excluding tert-OH is 2. The lowest BCUT2D eigenvalue weighted by Crippen LogP contribution is -2.61. The molecule has 3 N–H and O–H groups in total. The van der Waals surface area contributed by atoms with Crippen molar-refractivity contribution < 1.29 is 58.2 Å². The number of carbonyl (C=O) groups excluding carboxylic acids is 3. The summed E-state index contributed by atoms with van der Waals surface area (Å²) in [6.07, 6.45) is 58.6. The number of allylic oxidation sites excluding steroid dienone is 14. The zero-order valence-electron chi connectivity index (χ0n) is 49.8. The number of hydrogen-bond acceptors (Lipinski definition) is 11. The first kappa shape index (κ1) is 72.9. The van der Waals surface area contributed by atoms with Crippen LogP contribution in [0.3, 0.4) is 0 Å². The van der Waals surface area contributed by atoms with Gasteiger partial charge in [-0.05, 0) is 77.0 Å². The van der Waals surface area contributed by atoms with E-state index in [0.717, 1.165) is 103 Å². The van der Waals surface area contributed by atoms with Gasteiger partial charge in [0.25, 0.3) is 0 Å². The van der Waals surface area contributed by atoms with Crippen molar-refractivity contribution in [3.8, 4) is 0 Å². The number of esters is 3. The fourth-order valence-corrected chi connectivity index (χ4v) is 9.22. The van der Waals surface area contributed by atoms with Gasteiger partial charge in [-0.1, -0.05) is 254 Å². The van der Waals surface area contributed by atoms with Crippen LogP contribution >= 0.6 is 0 Å². The van der Waals surface area contributed by atoms with Crippen LogP contribution in [0.15, 0.2) is 85.1 Å². The lowest BCUT2D eigenvalue weighted by atomic mass is 9.98. The predicted molar refractivity (Wildman–Crippen MR) is 321 cm³/mol. The van der Waals surface area contributed by atoms with Gasteiger partial charge in [0.1, 0.15) is 18.8 Å². The van der Waals surface area contributed by atoms with Crippen molar-refractivity contribution in [3.63, 3.8) is 0 Å².